The van der Waals surface area contributed by atoms with Crippen molar-refractivity contribution in [3.8, 4) is 11.5 Å². The Hall–Kier alpha value is -3.23. The van der Waals surface area contributed by atoms with Crippen LogP contribution in [-0.4, -0.2) is 45.5 Å². The van der Waals surface area contributed by atoms with Gasteiger partial charge in [0.1, 0.15) is 5.69 Å². The number of hydrogen-bond donors (Lipinski definition) is 4. The van der Waals surface area contributed by atoms with Crippen LogP contribution in [0.1, 0.15) is 27.7 Å². The van der Waals surface area contributed by atoms with E-state index in [0.717, 1.165) is 0 Å². The number of benzene rings is 2. The molecule has 4 N–H and O–H groups in total. The van der Waals surface area contributed by atoms with Gasteiger partial charge in [0.2, 0.25) is 0 Å². The van der Waals surface area contributed by atoms with Crippen LogP contribution in [0.3, 0.4) is 0 Å². The largest absolute Gasteiger partial charge is 0.504 e. The van der Waals surface area contributed by atoms with Gasteiger partial charge in [-0.05, 0) is 35.4 Å². The normalized spacial score (nSPS) is 12.0. The number of hydrogen-bond acceptors (Lipinski definition) is 5. The Bertz CT molecular complexity index is 1120. The molecule has 0 saturated carbocycles. The number of carbonyl (C=O) groups excluding carboxylic acids is 1. The van der Waals surface area contributed by atoms with Crippen molar-refractivity contribution in [1.29, 1.82) is 0 Å². The summed E-state index contributed by atoms with van der Waals surface area (Å²) in [6.07, 6.45) is -0.182. The maximum atomic E-state index is 12.9. The maximum Gasteiger partial charge on any atom is 0.307 e. The molecule has 1 amide bonds. The van der Waals surface area contributed by atoms with E-state index in [1.807, 2.05) is 0 Å². The lowest BCUT2D eigenvalue weighted by molar-refractivity contribution is -0.136. The number of nitrogens with zero attached hydrogens (tertiary/aromatic N) is 1. The summed E-state index contributed by atoms with van der Waals surface area (Å²) >= 11 is 6.26. The van der Waals surface area contributed by atoms with E-state index in [9.17, 15) is 19.8 Å². The van der Waals surface area contributed by atoms with Gasteiger partial charge in [-0.25, -0.2) is 0 Å². The number of halogens is 1. The van der Waals surface area contributed by atoms with E-state index in [4.69, 9.17) is 21.4 Å². The van der Waals surface area contributed by atoms with Crippen molar-refractivity contribution in [1.82, 2.24) is 9.88 Å². The summed E-state index contributed by atoms with van der Waals surface area (Å²) in [6.45, 7) is -0.410. The number of aryl methyl sites for hydroxylation is 1. The van der Waals surface area contributed by atoms with Crippen LogP contribution in [-0.2, 0) is 18.3 Å². The van der Waals surface area contributed by atoms with Gasteiger partial charge in [0.15, 0.2) is 11.5 Å². The highest BCUT2D eigenvalue weighted by molar-refractivity contribution is 6.31. The number of aliphatic hydroxyl groups is 1. The third-order valence-corrected chi connectivity index (χ3v) is 5.22. The Balaban J connectivity index is 1.90. The van der Waals surface area contributed by atoms with Crippen LogP contribution >= 0.6 is 11.6 Å². The number of aliphatic carboxylic acids is 1. The molecule has 3 rings (SSSR count). The molecule has 0 fully saturated rings. The average molecular weight is 433 g/mol. The lowest BCUT2D eigenvalue weighted by Crippen LogP contribution is -2.32. The number of methoxy groups -OCH3 is 1. The fourth-order valence-electron chi connectivity index (χ4n) is 3.35. The summed E-state index contributed by atoms with van der Waals surface area (Å²) in [4.78, 5) is 23.7. The van der Waals surface area contributed by atoms with E-state index in [1.165, 1.54) is 19.2 Å². The van der Waals surface area contributed by atoms with E-state index in [1.54, 1.807) is 35.9 Å². The number of rotatable bonds is 7. The molecule has 0 saturated heterocycles. The first-order valence-electron chi connectivity index (χ1n) is 9.04. The molecule has 2 aromatic carbocycles. The van der Waals surface area contributed by atoms with Crippen molar-refractivity contribution in [3.05, 3.63) is 58.2 Å². The predicted octanol–water partition coefficient (Wildman–Crippen LogP) is 2.64. The molecule has 158 valence electrons. The number of phenolic OH excluding ortho intramolecular Hbond substituents is 1. The number of aliphatic hydroxyl groups excluding tert-OH is 1. The fraction of sp³-hybridized carbons (Fsp3) is 0.238. The van der Waals surface area contributed by atoms with Gasteiger partial charge in [0.25, 0.3) is 5.91 Å². The van der Waals surface area contributed by atoms with Crippen LogP contribution in [0.4, 0.5) is 0 Å². The van der Waals surface area contributed by atoms with Gasteiger partial charge < -0.3 is 29.9 Å². The Morgan fingerprint density at radius 3 is 2.57 bits per heavy atom. The number of carboxylic acids is 1. The number of phenols is 1. The molecule has 8 nitrogen and oxygen atoms in total. The Morgan fingerprint density at radius 1 is 1.23 bits per heavy atom. The summed E-state index contributed by atoms with van der Waals surface area (Å²) in [6, 6.07) is 8.74. The van der Waals surface area contributed by atoms with Crippen molar-refractivity contribution in [2.24, 2.45) is 7.05 Å². The molecule has 0 unspecified atom stereocenters. The van der Waals surface area contributed by atoms with Crippen LogP contribution in [0, 0.1) is 0 Å². The molecule has 3 aromatic rings. The number of fused-ring (bicyclic) bond motifs is 1. The van der Waals surface area contributed by atoms with Crippen molar-refractivity contribution in [3.63, 3.8) is 0 Å². The Labute approximate surface area is 177 Å². The van der Waals surface area contributed by atoms with Crippen LogP contribution in [0.15, 0.2) is 36.4 Å². The zero-order valence-electron chi connectivity index (χ0n) is 16.3. The topological polar surface area (TPSA) is 121 Å². The molecular weight excluding hydrogens is 412 g/mol. The third-order valence-electron chi connectivity index (χ3n) is 4.90. The lowest BCUT2D eigenvalue weighted by atomic mass is 10.0. The van der Waals surface area contributed by atoms with Crippen LogP contribution in [0.2, 0.25) is 5.02 Å². The number of nitrogens with one attached hydrogen (secondary N) is 1. The predicted molar refractivity (Wildman–Crippen MR) is 111 cm³/mol. The highest BCUT2D eigenvalue weighted by atomic mass is 35.5. The molecule has 0 bridgehead atoms. The van der Waals surface area contributed by atoms with Crippen molar-refractivity contribution in [2.75, 3.05) is 13.7 Å². The molecule has 0 aliphatic rings. The van der Waals surface area contributed by atoms with Gasteiger partial charge in [-0.1, -0.05) is 23.7 Å². The molecule has 0 spiro atoms. The summed E-state index contributed by atoms with van der Waals surface area (Å²) in [5, 5.41) is 32.5. The second kappa shape index (κ2) is 8.64. The number of ether oxygens (including phenoxy) is 1. The number of carbonyl (C=O) groups is 2. The van der Waals surface area contributed by atoms with Crippen molar-refractivity contribution >= 4 is 34.4 Å². The summed E-state index contributed by atoms with van der Waals surface area (Å²) in [5.74, 6) is -1.24. The van der Waals surface area contributed by atoms with E-state index >= 15 is 0 Å². The van der Waals surface area contributed by atoms with E-state index < -0.39 is 24.5 Å². The van der Waals surface area contributed by atoms with E-state index in [2.05, 4.69) is 5.32 Å². The minimum atomic E-state index is -0.985. The van der Waals surface area contributed by atoms with Gasteiger partial charge in [0, 0.05) is 17.5 Å². The zero-order chi connectivity index (χ0) is 22.0. The molecule has 0 aliphatic carbocycles. The highest BCUT2D eigenvalue weighted by Gasteiger charge is 2.22. The van der Waals surface area contributed by atoms with Crippen LogP contribution in [0.25, 0.3) is 10.9 Å². The second-order valence-electron chi connectivity index (χ2n) is 6.77. The molecule has 0 aliphatic heterocycles. The van der Waals surface area contributed by atoms with E-state index in [-0.39, 0.29) is 22.9 Å². The number of carboxylic acid groups (broad SMARTS) is 1. The highest BCUT2D eigenvalue weighted by Crippen LogP contribution is 2.36. The van der Waals surface area contributed by atoms with Gasteiger partial charge in [-0.3, -0.25) is 9.59 Å². The van der Waals surface area contributed by atoms with Gasteiger partial charge in [-0.15, -0.1) is 0 Å². The maximum absolute atomic E-state index is 12.9. The van der Waals surface area contributed by atoms with Crippen molar-refractivity contribution < 1.29 is 29.6 Å². The van der Waals surface area contributed by atoms with Crippen LogP contribution in [0.5, 0.6) is 11.5 Å². The third kappa shape index (κ3) is 4.05. The minimum Gasteiger partial charge on any atom is -0.504 e. The smallest absolute Gasteiger partial charge is 0.307 e. The minimum absolute atomic E-state index is 0.0691. The molecule has 30 heavy (non-hydrogen) atoms. The summed E-state index contributed by atoms with van der Waals surface area (Å²) < 4.78 is 6.73. The molecule has 9 heteroatoms. The first-order valence-corrected chi connectivity index (χ1v) is 9.41. The fourth-order valence-corrected chi connectivity index (χ4v) is 3.68. The number of aromatic hydroxyl groups is 1. The number of aromatic nitrogens is 1. The van der Waals surface area contributed by atoms with Gasteiger partial charge in [-0.2, -0.15) is 0 Å². The first kappa shape index (κ1) is 21.5. The van der Waals surface area contributed by atoms with Gasteiger partial charge >= 0.3 is 5.97 Å². The first-order chi connectivity index (χ1) is 14.3. The monoisotopic (exact) mass is 432 g/mol. The van der Waals surface area contributed by atoms with E-state index in [0.29, 0.717) is 27.8 Å². The van der Waals surface area contributed by atoms with Gasteiger partial charge in [0.05, 0.1) is 31.7 Å². The van der Waals surface area contributed by atoms with Crippen molar-refractivity contribution in [2.45, 2.75) is 12.5 Å². The number of amides is 1. The molecular formula is C21H21ClN2O6. The summed E-state index contributed by atoms with van der Waals surface area (Å²) in [5.41, 5.74) is 1.88. The average Bonchev–Trinajstić information content (AvgIpc) is 3.04. The zero-order valence-corrected chi connectivity index (χ0v) is 17.1. The quantitative estimate of drug-likeness (QED) is 0.455. The standard InChI is InChI=1S/C21H21ClN2O6/c1-24-16-5-6-18(30-2)20(28)13(16)9-17(24)21(29)23-15(10-25)12-4-3-11(7-14(12)22)8-19(26)27/h3-7,9,15,25,28H,8,10H2,1-2H3,(H,23,29)(H,26,27)/t15-/m1/s1. The Kier molecular flexibility index (Phi) is 6.19. The SMILES string of the molecule is COc1ccc2c(cc(C(=O)N[C@H](CO)c3ccc(CC(=O)O)cc3Cl)n2C)c1O. The molecule has 1 aromatic heterocycles. The molecule has 1 heterocycles. The molecule has 1 atom stereocenters. The second-order valence-corrected chi connectivity index (χ2v) is 7.18. The Morgan fingerprint density at radius 2 is 1.97 bits per heavy atom. The van der Waals surface area contributed by atoms with Crippen LogP contribution < -0.4 is 10.1 Å². The molecule has 0 radical (unpaired) electrons. The lowest BCUT2D eigenvalue weighted by Gasteiger charge is -2.19. The summed E-state index contributed by atoms with van der Waals surface area (Å²) in [7, 11) is 3.12.